The first-order valence-corrected chi connectivity index (χ1v) is 6.38. The summed E-state index contributed by atoms with van der Waals surface area (Å²) in [5.41, 5.74) is 0.595. The van der Waals surface area contributed by atoms with Gasteiger partial charge in [-0.05, 0) is 31.7 Å². The zero-order valence-electron chi connectivity index (χ0n) is 10.7. The number of phenols is 1. The molecule has 1 aliphatic rings. The van der Waals surface area contributed by atoms with E-state index >= 15 is 0 Å². The Balaban J connectivity index is 2.49. The molecule has 0 spiro atoms. The number of hydrogen-bond acceptors (Lipinski definition) is 3. The summed E-state index contributed by atoms with van der Waals surface area (Å²) in [4.78, 5) is 0. The second kappa shape index (κ2) is 5.44. The van der Waals surface area contributed by atoms with Crippen LogP contribution in [0.2, 0.25) is 0 Å². The molecule has 1 aromatic rings. The molecule has 18 heavy (non-hydrogen) atoms. The number of para-hydroxylation sites is 1. The van der Waals surface area contributed by atoms with E-state index in [1.54, 1.807) is 13.2 Å². The topological polar surface area (TPSA) is 49.7 Å². The van der Waals surface area contributed by atoms with Crippen LogP contribution in [0.1, 0.15) is 31.2 Å². The molecule has 0 heterocycles. The molecular weight excluding hydrogens is 228 g/mol. The minimum Gasteiger partial charge on any atom is -0.504 e. The highest BCUT2D eigenvalue weighted by atomic mass is 16.5. The van der Waals surface area contributed by atoms with E-state index in [4.69, 9.17) is 4.74 Å². The van der Waals surface area contributed by atoms with Gasteiger partial charge in [-0.2, -0.15) is 0 Å². The van der Waals surface area contributed by atoms with Gasteiger partial charge in [-0.1, -0.05) is 24.3 Å². The highest BCUT2D eigenvalue weighted by Crippen LogP contribution is 2.44. The van der Waals surface area contributed by atoms with Gasteiger partial charge in [0.25, 0.3) is 0 Å². The van der Waals surface area contributed by atoms with Crippen molar-refractivity contribution in [2.24, 2.45) is 0 Å². The summed E-state index contributed by atoms with van der Waals surface area (Å²) in [6, 6.07) is 5.55. The Labute approximate surface area is 108 Å². The van der Waals surface area contributed by atoms with E-state index in [9.17, 15) is 10.2 Å². The summed E-state index contributed by atoms with van der Waals surface area (Å²) in [5, 5.41) is 19.6. The molecule has 0 aromatic heterocycles. The van der Waals surface area contributed by atoms with E-state index in [0.717, 1.165) is 24.8 Å². The lowest BCUT2D eigenvalue weighted by Gasteiger charge is -2.34. The average Bonchev–Trinajstić information content (AvgIpc) is 2.40. The summed E-state index contributed by atoms with van der Waals surface area (Å²) in [6.45, 7) is 0.112. The molecule has 0 fully saturated rings. The fourth-order valence-corrected chi connectivity index (χ4v) is 2.78. The van der Waals surface area contributed by atoms with Crippen LogP contribution >= 0.6 is 0 Å². The van der Waals surface area contributed by atoms with Crippen molar-refractivity contribution < 1.29 is 14.9 Å². The van der Waals surface area contributed by atoms with Gasteiger partial charge in [0, 0.05) is 17.6 Å². The number of aliphatic hydroxyl groups excluding tert-OH is 1. The molecule has 1 atom stereocenters. The molecular formula is C15H20O3. The first kappa shape index (κ1) is 13.0. The molecule has 3 heteroatoms. The Morgan fingerprint density at radius 2 is 2.22 bits per heavy atom. The second-order valence-electron chi connectivity index (χ2n) is 4.78. The van der Waals surface area contributed by atoms with Gasteiger partial charge in [-0.15, -0.1) is 0 Å². The number of benzene rings is 1. The van der Waals surface area contributed by atoms with Crippen LogP contribution in [0.15, 0.2) is 30.4 Å². The summed E-state index contributed by atoms with van der Waals surface area (Å²) >= 11 is 0. The van der Waals surface area contributed by atoms with Crippen molar-refractivity contribution in [1.82, 2.24) is 0 Å². The minimum atomic E-state index is -0.258. The summed E-state index contributed by atoms with van der Waals surface area (Å²) in [7, 11) is 1.55. The lowest BCUT2D eigenvalue weighted by molar-refractivity contribution is 0.243. The van der Waals surface area contributed by atoms with Crippen LogP contribution in [0.25, 0.3) is 0 Å². The summed E-state index contributed by atoms with van der Waals surface area (Å²) in [6.07, 6.45) is 7.99. The summed E-state index contributed by atoms with van der Waals surface area (Å²) < 4.78 is 5.16. The zero-order valence-corrected chi connectivity index (χ0v) is 10.7. The van der Waals surface area contributed by atoms with E-state index in [1.807, 2.05) is 12.1 Å². The zero-order chi connectivity index (χ0) is 13.0. The highest BCUT2D eigenvalue weighted by molar-refractivity contribution is 5.51. The number of ether oxygens (including phenoxy) is 1. The van der Waals surface area contributed by atoms with Crippen molar-refractivity contribution in [3.63, 3.8) is 0 Å². The Morgan fingerprint density at radius 3 is 2.83 bits per heavy atom. The first-order valence-electron chi connectivity index (χ1n) is 6.38. The van der Waals surface area contributed by atoms with Crippen LogP contribution < -0.4 is 4.74 Å². The lowest BCUT2D eigenvalue weighted by Crippen LogP contribution is -2.27. The normalized spacial score (nSPS) is 23.0. The predicted octanol–water partition coefficient (Wildman–Crippen LogP) is 2.76. The largest absolute Gasteiger partial charge is 0.504 e. The molecule has 3 nitrogen and oxygen atoms in total. The van der Waals surface area contributed by atoms with E-state index in [-0.39, 0.29) is 17.8 Å². The van der Waals surface area contributed by atoms with Crippen molar-refractivity contribution in [3.05, 3.63) is 35.9 Å². The standard InChI is InChI=1S/C15H20O3/c1-18-13-7-5-6-12(14(13)17)15(10-11-16)8-3-2-4-9-15/h3,5-8,16-17H,2,4,9-11H2,1H3. The second-order valence-corrected chi connectivity index (χ2v) is 4.78. The number of aromatic hydroxyl groups is 1. The Bertz CT molecular complexity index is 439. The number of aliphatic hydroxyl groups is 1. The molecule has 0 saturated carbocycles. The van der Waals surface area contributed by atoms with Gasteiger partial charge in [-0.3, -0.25) is 0 Å². The van der Waals surface area contributed by atoms with E-state index < -0.39 is 0 Å². The monoisotopic (exact) mass is 248 g/mol. The lowest BCUT2D eigenvalue weighted by atomic mass is 9.71. The molecule has 0 bridgehead atoms. The smallest absolute Gasteiger partial charge is 0.161 e. The fraction of sp³-hybridized carbons (Fsp3) is 0.467. The molecule has 1 aromatic carbocycles. The van der Waals surface area contributed by atoms with Gasteiger partial charge >= 0.3 is 0 Å². The molecule has 1 aliphatic carbocycles. The van der Waals surface area contributed by atoms with Crippen molar-refractivity contribution in [1.29, 1.82) is 0 Å². The van der Waals surface area contributed by atoms with Crippen molar-refractivity contribution in [2.75, 3.05) is 13.7 Å². The third-order valence-electron chi connectivity index (χ3n) is 3.74. The Kier molecular flexibility index (Phi) is 3.92. The highest BCUT2D eigenvalue weighted by Gasteiger charge is 2.33. The van der Waals surface area contributed by atoms with Crippen LogP contribution in [-0.4, -0.2) is 23.9 Å². The number of methoxy groups -OCH3 is 1. The SMILES string of the molecule is COc1cccc(C2(CCO)C=CCCC2)c1O. The molecule has 0 radical (unpaired) electrons. The molecule has 1 unspecified atom stereocenters. The quantitative estimate of drug-likeness (QED) is 0.805. The summed E-state index contributed by atoms with van der Waals surface area (Å²) in [5.74, 6) is 0.684. The maximum absolute atomic E-state index is 10.3. The first-order chi connectivity index (χ1) is 8.73. The van der Waals surface area contributed by atoms with Gasteiger partial charge in [0.2, 0.25) is 0 Å². The minimum absolute atomic E-state index is 0.112. The number of hydrogen-bond donors (Lipinski definition) is 2. The molecule has 2 rings (SSSR count). The van der Waals surface area contributed by atoms with Crippen LogP contribution in [0.5, 0.6) is 11.5 Å². The molecule has 0 aliphatic heterocycles. The average molecular weight is 248 g/mol. The van der Waals surface area contributed by atoms with Crippen LogP contribution in [-0.2, 0) is 5.41 Å². The van der Waals surface area contributed by atoms with Gasteiger partial charge < -0.3 is 14.9 Å². The molecule has 2 N–H and O–H groups in total. The maximum atomic E-state index is 10.3. The van der Waals surface area contributed by atoms with Gasteiger partial charge in [0.1, 0.15) is 0 Å². The van der Waals surface area contributed by atoms with Crippen LogP contribution in [0.3, 0.4) is 0 Å². The van der Waals surface area contributed by atoms with Crippen molar-refractivity contribution in [3.8, 4) is 11.5 Å². The molecule has 0 amide bonds. The van der Waals surface area contributed by atoms with E-state index in [2.05, 4.69) is 12.2 Å². The van der Waals surface area contributed by atoms with Gasteiger partial charge in [0.05, 0.1) is 7.11 Å². The third-order valence-corrected chi connectivity index (χ3v) is 3.74. The fourth-order valence-electron chi connectivity index (χ4n) is 2.78. The van der Waals surface area contributed by atoms with Gasteiger partial charge in [-0.25, -0.2) is 0 Å². The third kappa shape index (κ3) is 2.23. The molecule has 0 saturated heterocycles. The van der Waals surface area contributed by atoms with E-state index in [1.165, 1.54) is 0 Å². The number of rotatable bonds is 4. The van der Waals surface area contributed by atoms with Crippen LogP contribution in [0, 0.1) is 0 Å². The van der Waals surface area contributed by atoms with Gasteiger partial charge in [0.15, 0.2) is 11.5 Å². The Hall–Kier alpha value is -1.48. The predicted molar refractivity (Wildman–Crippen MR) is 71.0 cm³/mol. The van der Waals surface area contributed by atoms with Crippen LogP contribution in [0.4, 0.5) is 0 Å². The number of phenolic OH excluding ortho intramolecular Hbond substituents is 1. The van der Waals surface area contributed by atoms with Crippen molar-refractivity contribution in [2.45, 2.75) is 31.1 Å². The molecule has 98 valence electrons. The van der Waals surface area contributed by atoms with Crippen molar-refractivity contribution >= 4 is 0 Å². The maximum Gasteiger partial charge on any atom is 0.161 e. The Morgan fingerprint density at radius 1 is 1.39 bits per heavy atom. The number of allylic oxidation sites excluding steroid dienone is 2. The van der Waals surface area contributed by atoms with E-state index in [0.29, 0.717) is 12.2 Å².